The molecule has 1 N–H and O–H groups in total. The molecule has 182 valence electrons. The number of oxime groups is 1. The minimum atomic E-state index is -0.857. The number of hydrogen-bond donors (Lipinski definition) is 1. The highest BCUT2D eigenvalue weighted by molar-refractivity contribution is 6.08. The van der Waals surface area contributed by atoms with Crippen LogP contribution in [0.2, 0.25) is 0 Å². The summed E-state index contributed by atoms with van der Waals surface area (Å²) >= 11 is 0. The van der Waals surface area contributed by atoms with Crippen molar-refractivity contribution in [3.05, 3.63) is 70.4 Å². The summed E-state index contributed by atoms with van der Waals surface area (Å²) < 4.78 is 5.38. The van der Waals surface area contributed by atoms with Gasteiger partial charge in [0, 0.05) is 30.1 Å². The largest absolute Gasteiger partial charge is 0.427 e. The summed E-state index contributed by atoms with van der Waals surface area (Å²) in [5.74, 6) is -0.422. The summed E-state index contributed by atoms with van der Waals surface area (Å²) in [7, 11) is 1.40. The molecular formula is C26H28N4O5. The van der Waals surface area contributed by atoms with Gasteiger partial charge in [-0.1, -0.05) is 31.0 Å². The standard InChI is InChI=1S/C26H28N4O5/c1-3-4-5-8-20-10-11-21(26(33)35-20)25(32)30-16-19(29-34-2)15-23(30)24(31)28-18-9-12-22-17(14-18)7-6-13-27-22/h6-7,9-14,23H,3-5,8,15-16H2,1-2H3,(H,28,31)/t23-/m0/s1. The van der Waals surface area contributed by atoms with Gasteiger partial charge in [0.25, 0.3) is 5.91 Å². The molecule has 35 heavy (non-hydrogen) atoms. The van der Waals surface area contributed by atoms with E-state index in [2.05, 4.69) is 22.4 Å². The number of carbonyl (C=O) groups excluding carboxylic acids is 2. The molecule has 1 aliphatic rings. The van der Waals surface area contributed by atoms with Crippen LogP contribution in [-0.4, -0.2) is 47.1 Å². The molecule has 0 radical (unpaired) electrons. The van der Waals surface area contributed by atoms with Gasteiger partial charge in [-0.15, -0.1) is 0 Å². The van der Waals surface area contributed by atoms with Crippen molar-refractivity contribution < 1.29 is 18.8 Å². The van der Waals surface area contributed by atoms with Gasteiger partial charge >= 0.3 is 5.63 Å². The van der Waals surface area contributed by atoms with Crippen molar-refractivity contribution >= 4 is 34.1 Å². The Labute approximate surface area is 202 Å². The summed E-state index contributed by atoms with van der Waals surface area (Å²) in [4.78, 5) is 49.6. The molecule has 0 spiro atoms. The molecule has 1 saturated heterocycles. The van der Waals surface area contributed by atoms with Crippen LogP contribution >= 0.6 is 0 Å². The van der Waals surface area contributed by atoms with Gasteiger partial charge in [-0.2, -0.15) is 0 Å². The lowest BCUT2D eigenvalue weighted by molar-refractivity contribution is -0.119. The van der Waals surface area contributed by atoms with Crippen molar-refractivity contribution in [1.29, 1.82) is 0 Å². The fraction of sp³-hybridized carbons (Fsp3) is 0.346. The summed E-state index contributed by atoms with van der Waals surface area (Å²) in [5.41, 5.74) is 1.10. The first-order valence-electron chi connectivity index (χ1n) is 11.7. The van der Waals surface area contributed by atoms with E-state index in [0.29, 0.717) is 23.6 Å². The summed E-state index contributed by atoms with van der Waals surface area (Å²) in [5, 5.41) is 7.69. The molecule has 2 aromatic heterocycles. The van der Waals surface area contributed by atoms with Crippen LogP contribution in [0, 0.1) is 0 Å². The number of aryl methyl sites for hydroxylation is 1. The smallest absolute Gasteiger partial charge is 0.348 e. The molecule has 9 nitrogen and oxygen atoms in total. The molecule has 0 saturated carbocycles. The van der Waals surface area contributed by atoms with Crippen molar-refractivity contribution in [2.45, 2.75) is 45.1 Å². The van der Waals surface area contributed by atoms with Gasteiger partial charge in [-0.3, -0.25) is 14.6 Å². The van der Waals surface area contributed by atoms with E-state index < -0.39 is 17.6 Å². The van der Waals surface area contributed by atoms with Crippen molar-refractivity contribution in [3.63, 3.8) is 0 Å². The Morgan fingerprint density at radius 3 is 2.86 bits per heavy atom. The summed E-state index contributed by atoms with van der Waals surface area (Å²) in [6.07, 6.45) is 5.53. The van der Waals surface area contributed by atoms with Gasteiger partial charge in [-0.05, 0) is 42.8 Å². The topological polar surface area (TPSA) is 114 Å². The Bertz CT molecular complexity index is 1320. The molecule has 1 aliphatic heterocycles. The van der Waals surface area contributed by atoms with Gasteiger partial charge in [0.05, 0.1) is 17.8 Å². The summed E-state index contributed by atoms with van der Waals surface area (Å²) in [6.45, 7) is 2.17. The van der Waals surface area contributed by atoms with Crippen LogP contribution in [0.25, 0.3) is 10.9 Å². The predicted molar refractivity (Wildman–Crippen MR) is 132 cm³/mol. The number of aromatic nitrogens is 1. The van der Waals surface area contributed by atoms with Crippen molar-refractivity contribution in [2.75, 3.05) is 19.0 Å². The first-order chi connectivity index (χ1) is 17.0. The van der Waals surface area contributed by atoms with Gasteiger partial charge in [0.1, 0.15) is 24.5 Å². The predicted octanol–water partition coefficient (Wildman–Crippen LogP) is 3.78. The molecule has 0 unspecified atom stereocenters. The number of hydrogen-bond acceptors (Lipinski definition) is 7. The number of nitrogens with zero attached hydrogens (tertiary/aromatic N) is 3. The Kier molecular flexibility index (Phi) is 7.54. The quantitative estimate of drug-likeness (QED) is 0.391. The second kappa shape index (κ2) is 10.9. The zero-order valence-corrected chi connectivity index (χ0v) is 19.8. The van der Waals surface area contributed by atoms with E-state index in [1.54, 1.807) is 18.3 Å². The SMILES string of the molecule is CCCCCc1ccc(C(=O)N2CC(=NOC)C[C@H]2C(=O)Nc2ccc3ncccc3c2)c(=O)o1. The number of carbonyl (C=O) groups is 2. The molecular weight excluding hydrogens is 448 g/mol. The molecule has 2 amide bonds. The van der Waals surface area contributed by atoms with Crippen LogP contribution in [0.3, 0.4) is 0 Å². The van der Waals surface area contributed by atoms with Crippen molar-refractivity contribution in [3.8, 4) is 0 Å². The number of rotatable bonds is 8. The van der Waals surface area contributed by atoms with Gasteiger partial charge in [-0.25, -0.2) is 4.79 Å². The van der Waals surface area contributed by atoms with Crippen LogP contribution in [0.5, 0.6) is 0 Å². The van der Waals surface area contributed by atoms with E-state index in [4.69, 9.17) is 9.25 Å². The minimum absolute atomic E-state index is 0.0735. The third-order valence-electron chi connectivity index (χ3n) is 5.95. The van der Waals surface area contributed by atoms with E-state index in [0.717, 1.165) is 30.2 Å². The zero-order chi connectivity index (χ0) is 24.8. The second-order valence-corrected chi connectivity index (χ2v) is 8.45. The van der Waals surface area contributed by atoms with Crippen LogP contribution < -0.4 is 10.9 Å². The van der Waals surface area contributed by atoms with Crippen LogP contribution in [0.15, 0.2) is 63.0 Å². The van der Waals surface area contributed by atoms with Gasteiger partial charge < -0.3 is 19.5 Å². The molecule has 3 aromatic rings. The van der Waals surface area contributed by atoms with Gasteiger partial charge in [0.2, 0.25) is 5.91 Å². The first-order valence-corrected chi connectivity index (χ1v) is 11.7. The van der Waals surface area contributed by atoms with E-state index in [1.165, 1.54) is 18.1 Å². The van der Waals surface area contributed by atoms with Gasteiger partial charge in [0.15, 0.2) is 0 Å². The highest BCUT2D eigenvalue weighted by atomic mass is 16.6. The Morgan fingerprint density at radius 1 is 1.23 bits per heavy atom. The Balaban J connectivity index is 1.55. The number of benzene rings is 1. The highest BCUT2D eigenvalue weighted by Crippen LogP contribution is 2.22. The minimum Gasteiger partial charge on any atom is -0.427 e. The summed E-state index contributed by atoms with van der Waals surface area (Å²) in [6, 6.07) is 11.4. The van der Waals surface area contributed by atoms with E-state index in [-0.39, 0.29) is 24.4 Å². The lowest BCUT2D eigenvalue weighted by Gasteiger charge is -2.23. The third kappa shape index (κ3) is 5.56. The molecule has 1 fully saturated rings. The van der Waals surface area contributed by atoms with Crippen molar-refractivity contribution in [2.24, 2.45) is 5.16 Å². The maximum atomic E-state index is 13.3. The molecule has 4 rings (SSSR count). The third-order valence-corrected chi connectivity index (χ3v) is 5.95. The van der Waals surface area contributed by atoms with Crippen LogP contribution in [-0.2, 0) is 16.1 Å². The van der Waals surface area contributed by atoms with Crippen molar-refractivity contribution in [1.82, 2.24) is 9.88 Å². The highest BCUT2D eigenvalue weighted by Gasteiger charge is 2.39. The molecule has 1 aromatic carbocycles. The lowest BCUT2D eigenvalue weighted by Crippen LogP contribution is -2.44. The molecule has 0 aliphatic carbocycles. The fourth-order valence-electron chi connectivity index (χ4n) is 4.18. The number of likely N-dealkylation sites (tertiary alicyclic amines) is 1. The van der Waals surface area contributed by atoms with E-state index >= 15 is 0 Å². The average molecular weight is 477 g/mol. The normalized spacial score (nSPS) is 16.6. The monoisotopic (exact) mass is 476 g/mol. The van der Waals surface area contributed by atoms with Crippen LogP contribution in [0.4, 0.5) is 5.69 Å². The lowest BCUT2D eigenvalue weighted by atomic mass is 10.1. The molecule has 9 heteroatoms. The molecule has 3 heterocycles. The zero-order valence-electron chi connectivity index (χ0n) is 19.8. The van der Waals surface area contributed by atoms with E-state index in [1.807, 2.05) is 24.3 Å². The Hall–Kier alpha value is -4.01. The van der Waals surface area contributed by atoms with Crippen LogP contribution in [0.1, 0.15) is 48.7 Å². The maximum absolute atomic E-state index is 13.3. The average Bonchev–Trinajstić information content (AvgIpc) is 3.28. The maximum Gasteiger partial charge on any atom is 0.348 e. The number of anilines is 1. The fourth-order valence-corrected chi connectivity index (χ4v) is 4.18. The molecule has 1 atom stereocenters. The number of fused-ring (bicyclic) bond motifs is 1. The molecule has 0 bridgehead atoms. The number of pyridine rings is 1. The van der Waals surface area contributed by atoms with E-state index in [9.17, 15) is 14.4 Å². The first kappa shape index (κ1) is 24.1. The second-order valence-electron chi connectivity index (χ2n) is 8.45. The number of amides is 2. The number of unbranched alkanes of at least 4 members (excludes halogenated alkanes) is 2. The number of nitrogens with one attached hydrogen (secondary N) is 1. The Morgan fingerprint density at radius 2 is 2.09 bits per heavy atom.